The van der Waals surface area contributed by atoms with Gasteiger partial charge in [-0.3, -0.25) is 18.7 Å². The van der Waals surface area contributed by atoms with Crippen LogP contribution in [0.3, 0.4) is 0 Å². The lowest BCUT2D eigenvalue weighted by molar-refractivity contribution is -0.133. The Hall–Kier alpha value is -3.93. The molecule has 34 heavy (non-hydrogen) atoms. The maximum Gasteiger partial charge on any atom is 0.332 e. The van der Waals surface area contributed by atoms with Gasteiger partial charge in [-0.2, -0.15) is 10.1 Å². The van der Waals surface area contributed by atoms with Crippen molar-refractivity contribution >= 4 is 29.2 Å². The van der Waals surface area contributed by atoms with Crippen molar-refractivity contribution in [3.05, 3.63) is 50.7 Å². The number of morpholine rings is 1. The van der Waals surface area contributed by atoms with E-state index in [-0.39, 0.29) is 29.6 Å². The van der Waals surface area contributed by atoms with Crippen LogP contribution in [-0.4, -0.2) is 75.7 Å². The number of aryl methyl sites for hydroxylation is 2. The van der Waals surface area contributed by atoms with Crippen LogP contribution in [0.2, 0.25) is 0 Å². The Morgan fingerprint density at radius 2 is 1.79 bits per heavy atom. The molecule has 1 amide bonds. The van der Waals surface area contributed by atoms with Gasteiger partial charge in [0.05, 0.1) is 26.5 Å². The molecule has 1 fully saturated rings. The van der Waals surface area contributed by atoms with Crippen molar-refractivity contribution in [2.75, 3.05) is 45.0 Å². The smallest absolute Gasteiger partial charge is 0.332 e. The molecule has 0 saturated carbocycles. The third kappa shape index (κ3) is 4.31. The van der Waals surface area contributed by atoms with Gasteiger partial charge in [-0.05, 0) is 29.8 Å². The van der Waals surface area contributed by atoms with Crippen LogP contribution in [0.25, 0.3) is 11.2 Å². The molecule has 1 aliphatic rings. The highest BCUT2D eigenvalue weighted by Gasteiger charge is 2.25. The molecule has 4 rings (SSSR count). The number of hydrogen-bond donors (Lipinski definition) is 0. The Balaban J connectivity index is 1.76. The number of anilines is 1. The number of carbonyl (C=O) groups is 1. The van der Waals surface area contributed by atoms with Crippen LogP contribution in [0.5, 0.6) is 5.75 Å². The molecule has 0 spiro atoms. The minimum atomic E-state index is -0.486. The Bertz CT molecular complexity index is 1350. The Morgan fingerprint density at radius 1 is 1.12 bits per heavy atom. The van der Waals surface area contributed by atoms with E-state index < -0.39 is 11.2 Å². The van der Waals surface area contributed by atoms with Crippen molar-refractivity contribution < 1.29 is 14.3 Å². The number of hydrogen-bond acceptors (Lipinski definition) is 8. The minimum Gasteiger partial charge on any atom is -0.497 e. The van der Waals surface area contributed by atoms with E-state index in [2.05, 4.69) is 10.1 Å². The van der Waals surface area contributed by atoms with Gasteiger partial charge in [0.25, 0.3) is 5.56 Å². The molecule has 0 radical (unpaired) electrons. The van der Waals surface area contributed by atoms with E-state index in [0.29, 0.717) is 32.1 Å². The highest BCUT2D eigenvalue weighted by molar-refractivity contribution is 5.85. The first kappa shape index (κ1) is 23.2. The molecule has 0 atom stereocenters. The summed E-state index contributed by atoms with van der Waals surface area (Å²) in [5, 5.41) is 5.96. The first-order valence-corrected chi connectivity index (χ1v) is 10.8. The molecular formula is C22H27N7O5. The zero-order chi connectivity index (χ0) is 24.4. The Morgan fingerprint density at radius 3 is 2.44 bits per heavy atom. The van der Waals surface area contributed by atoms with Gasteiger partial charge in [0, 0.05) is 34.2 Å². The van der Waals surface area contributed by atoms with E-state index in [9.17, 15) is 14.4 Å². The molecule has 3 heterocycles. The monoisotopic (exact) mass is 469 g/mol. The van der Waals surface area contributed by atoms with E-state index in [0.717, 1.165) is 10.1 Å². The highest BCUT2D eigenvalue weighted by Crippen LogP contribution is 2.19. The van der Waals surface area contributed by atoms with Crippen LogP contribution < -0.4 is 21.0 Å². The number of benzene rings is 1. The number of imidazole rings is 1. The Kier molecular flexibility index (Phi) is 6.50. The number of aromatic nitrogens is 4. The average Bonchev–Trinajstić information content (AvgIpc) is 3.21. The van der Waals surface area contributed by atoms with Gasteiger partial charge in [0.15, 0.2) is 11.2 Å². The lowest BCUT2D eigenvalue weighted by atomic mass is 10.2. The van der Waals surface area contributed by atoms with E-state index in [4.69, 9.17) is 9.47 Å². The van der Waals surface area contributed by atoms with Crippen LogP contribution in [0.4, 0.5) is 5.95 Å². The topological polar surface area (TPSA) is 116 Å². The molecule has 0 unspecified atom stereocenters. The fraction of sp³-hybridized carbons (Fsp3) is 0.409. The standard InChI is InChI=1S/C22H27N7O5/c1-25-18-19(26(2)22(32)27(3)20(18)31)24-21(25)29(14-17(30)28-9-11-34-12-10-28)23-13-15-5-7-16(33-4)8-6-15/h5-8,13H,9-12,14H2,1-4H3/b23-13-. The van der Waals surface area contributed by atoms with Crippen LogP contribution in [-0.2, 0) is 30.7 Å². The van der Waals surface area contributed by atoms with Crippen molar-refractivity contribution in [3.8, 4) is 5.75 Å². The molecule has 0 aliphatic carbocycles. The van der Waals surface area contributed by atoms with Crippen molar-refractivity contribution in [2.24, 2.45) is 26.2 Å². The van der Waals surface area contributed by atoms with Crippen molar-refractivity contribution in [1.82, 2.24) is 23.6 Å². The normalized spacial score (nSPS) is 14.2. The van der Waals surface area contributed by atoms with Crippen molar-refractivity contribution in [1.29, 1.82) is 0 Å². The zero-order valence-corrected chi connectivity index (χ0v) is 19.6. The van der Waals surface area contributed by atoms with Crippen LogP contribution in [0, 0.1) is 0 Å². The SMILES string of the molecule is COc1ccc(/C=N\N(CC(=O)N2CCOCC2)c2nc3c(c(=O)n(C)c(=O)n3C)n2C)cc1. The molecule has 0 bridgehead atoms. The van der Waals surface area contributed by atoms with Gasteiger partial charge in [-0.25, -0.2) is 9.80 Å². The summed E-state index contributed by atoms with van der Waals surface area (Å²) in [7, 11) is 6.21. The molecule has 2 aromatic heterocycles. The van der Waals surface area contributed by atoms with E-state index in [1.54, 1.807) is 49.0 Å². The largest absolute Gasteiger partial charge is 0.497 e. The fourth-order valence-electron chi connectivity index (χ4n) is 3.77. The number of rotatable bonds is 6. The summed E-state index contributed by atoms with van der Waals surface area (Å²) < 4.78 is 14.4. The molecule has 1 aromatic carbocycles. The van der Waals surface area contributed by atoms with E-state index in [1.165, 1.54) is 16.6 Å². The number of hydrazone groups is 1. The predicted molar refractivity (Wildman–Crippen MR) is 127 cm³/mol. The molecule has 12 heteroatoms. The number of amides is 1. The second-order valence-electron chi connectivity index (χ2n) is 7.92. The second kappa shape index (κ2) is 9.51. The summed E-state index contributed by atoms with van der Waals surface area (Å²) in [4.78, 5) is 44.4. The molecular weight excluding hydrogens is 442 g/mol. The van der Waals surface area contributed by atoms with Crippen LogP contribution in [0.1, 0.15) is 5.56 Å². The quantitative estimate of drug-likeness (QED) is 0.359. The number of fused-ring (bicyclic) bond motifs is 1. The number of ether oxygens (including phenoxy) is 2. The lowest BCUT2D eigenvalue weighted by Crippen LogP contribution is -2.45. The average molecular weight is 470 g/mol. The minimum absolute atomic E-state index is 0.0991. The summed E-state index contributed by atoms with van der Waals surface area (Å²) in [6, 6.07) is 7.27. The second-order valence-corrected chi connectivity index (χ2v) is 7.92. The van der Waals surface area contributed by atoms with Crippen molar-refractivity contribution in [3.63, 3.8) is 0 Å². The molecule has 3 aromatic rings. The van der Waals surface area contributed by atoms with Crippen LogP contribution in [0.15, 0.2) is 39.0 Å². The number of carbonyl (C=O) groups excluding carboxylic acids is 1. The zero-order valence-electron chi connectivity index (χ0n) is 19.6. The molecule has 1 aliphatic heterocycles. The molecule has 0 N–H and O–H groups in total. The summed E-state index contributed by atoms with van der Waals surface area (Å²) >= 11 is 0. The van der Waals surface area contributed by atoms with Gasteiger partial charge in [-0.15, -0.1) is 0 Å². The molecule has 1 saturated heterocycles. The summed E-state index contributed by atoms with van der Waals surface area (Å²) in [5.41, 5.74) is 0.279. The first-order chi connectivity index (χ1) is 16.3. The predicted octanol–water partition coefficient (Wildman–Crippen LogP) is -0.321. The third-order valence-electron chi connectivity index (χ3n) is 5.79. The number of methoxy groups -OCH3 is 1. The van der Waals surface area contributed by atoms with Crippen LogP contribution >= 0.6 is 0 Å². The first-order valence-electron chi connectivity index (χ1n) is 10.8. The molecule has 12 nitrogen and oxygen atoms in total. The van der Waals surface area contributed by atoms with E-state index in [1.807, 2.05) is 12.1 Å². The maximum absolute atomic E-state index is 13.0. The molecule has 180 valence electrons. The van der Waals surface area contributed by atoms with Gasteiger partial charge in [-0.1, -0.05) is 0 Å². The summed E-state index contributed by atoms with van der Waals surface area (Å²) in [6.45, 7) is 1.84. The fourth-order valence-corrected chi connectivity index (χ4v) is 3.77. The summed E-state index contributed by atoms with van der Waals surface area (Å²) in [5.74, 6) is 0.826. The summed E-state index contributed by atoms with van der Waals surface area (Å²) in [6.07, 6.45) is 1.60. The lowest BCUT2D eigenvalue weighted by Gasteiger charge is -2.28. The van der Waals surface area contributed by atoms with E-state index >= 15 is 0 Å². The third-order valence-corrected chi connectivity index (χ3v) is 5.79. The highest BCUT2D eigenvalue weighted by atomic mass is 16.5. The van der Waals surface area contributed by atoms with Gasteiger partial charge in [0.2, 0.25) is 11.9 Å². The van der Waals surface area contributed by atoms with Gasteiger partial charge >= 0.3 is 5.69 Å². The van der Waals surface area contributed by atoms with Gasteiger partial charge < -0.3 is 18.9 Å². The number of nitrogens with zero attached hydrogens (tertiary/aromatic N) is 7. The van der Waals surface area contributed by atoms with Gasteiger partial charge in [0.1, 0.15) is 12.3 Å². The Labute approximate surface area is 195 Å². The maximum atomic E-state index is 13.0. The van der Waals surface area contributed by atoms with Crippen molar-refractivity contribution in [2.45, 2.75) is 0 Å².